The van der Waals surface area contributed by atoms with E-state index in [1.807, 2.05) is 66.2 Å². The lowest BCUT2D eigenvalue weighted by atomic mass is 10.2. The van der Waals surface area contributed by atoms with E-state index in [2.05, 4.69) is 10.2 Å². The molecule has 1 aromatic heterocycles. The fourth-order valence-electron chi connectivity index (χ4n) is 2.72. The van der Waals surface area contributed by atoms with Gasteiger partial charge in [-0.2, -0.15) is 0 Å². The number of Topliss-reactive ketones (excluding diaryl/α,β-unsaturated/α-hetero) is 1. The van der Waals surface area contributed by atoms with E-state index in [1.165, 1.54) is 11.8 Å². The summed E-state index contributed by atoms with van der Waals surface area (Å²) in [6, 6.07) is 16.8. The van der Waals surface area contributed by atoms with Gasteiger partial charge in [-0.05, 0) is 12.1 Å². The molecule has 0 saturated heterocycles. The monoisotopic (exact) mass is 367 g/mol. The summed E-state index contributed by atoms with van der Waals surface area (Å²) in [4.78, 5) is 12.3. The zero-order chi connectivity index (χ0) is 17.9. The lowest BCUT2D eigenvalue weighted by molar-refractivity contribution is 0.0825. The Balaban J connectivity index is 1.45. The number of ketones is 1. The minimum atomic E-state index is -0.332. The van der Waals surface area contributed by atoms with Crippen LogP contribution >= 0.6 is 11.8 Å². The molecule has 0 saturated carbocycles. The van der Waals surface area contributed by atoms with Crippen LogP contribution in [-0.4, -0.2) is 32.9 Å². The standard InChI is InChI=1S/C19H17N3O3S/c1-22-18(17-11-24-15-9-5-6-10-16(15)25-17)20-21-19(22)26-12-14(23)13-7-3-2-4-8-13/h2-10,17H,11-12H2,1H3/t17-/m1/s1. The number of carbonyl (C=O) groups is 1. The van der Waals surface area contributed by atoms with Crippen molar-refractivity contribution in [3.63, 3.8) is 0 Å². The van der Waals surface area contributed by atoms with Gasteiger partial charge in [0.15, 0.2) is 34.4 Å². The van der Waals surface area contributed by atoms with Gasteiger partial charge in [0, 0.05) is 12.6 Å². The van der Waals surface area contributed by atoms with Crippen molar-refractivity contribution in [3.05, 3.63) is 66.0 Å². The summed E-state index contributed by atoms with van der Waals surface area (Å²) in [5, 5.41) is 9.11. The average molecular weight is 367 g/mol. The van der Waals surface area contributed by atoms with Crippen molar-refractivity contribution in [3.8, 4) is 11.5 Å². The van der Waals surface area contributed by atoms with Crippen molar-refractivity contribution in [1.29, 1.82) is 0 Å². The van der Waals surface area contributed by atoms with Crippen molar-refractivity contribution in [2.24, 2.45) is 7.05 Å². The van der Waals surface area contributed by atoms with Crippen LogP contribution in [0.3, 0.4) is 0 Å². The van der Waals surface area contributed by atoms with Gasteiger partial charge < -0.3 is 14.0 Å². The van der Waals surface area contributed by atoms with Crippen molar-refractivity contribution < 1.29 is 14.3 Å². The molecule has 0 spiro atoms. The number of ether oxygens (including phenoxy) is 2. The molecule has 1 atom stereocenters. The predicted molar refractivity (Wildman–Crippen MR) is 97.8 cm³/mol. The molecule has 0 unspecified atom stereocenters. The largest absolute Gasteiger partial charge is 0.485 e. The van der Waals surface area contributed by atoms with Crippen molar-refractivity contribution in [2.75, 3.05) is 12.4 Å². The molecule has 1 aliphatic rings. The second kappa shape index (κ2) is 7.21. The molecule has 2 heterocycles. The van der Waals surface area contributed by atoms with Crippen LogP contribution in [0.1, 0.15) is 22.3 Å². The molecular weight excluding hydrogens is 350 g/mol. The molecule has 132 valence electrons. The highest BCUT2D eigenvalue weighted by Gasteiger charge is 2.27. The molecule has 4 rings (SSSR count). The first-order valence-corrected chi connectivity index (χ1v) is 9.20. The van der Waals surface area contributed by atoms with Crippen molar-refractivity contribution in [2.45, 2.75) is 11.3 Å². The van der Waals surface area contributed by atoms with Crippen LogP contribution in [-0.2, 0) is 7.05 Å². The molecule has 0 N–H and O–H groups in total. The third kappa shape index (κ3) is 3.30. The van der Waals surface area contributed by atoms with Crippen molar-refractivity contribution in [1.82, 2.24) is 14.8 Å². The number of thioether (sulfide) groups is 1. The van der Waals surface area contributed by atoms with Crippen LogP contribution in [0.15, 0.2) is 59.8 Å². The molecular formula is C19H17N3O3S. The molecule has 26 heavy (non-hydrogen) atoms. The molecule has 0 bridgehead atoms. The average Bonchev–Trinajstić information content (AvgIpc) is 3.07. The SMILES string of the molecule is Cn1c(SCC(=O)c2ccccc2)nnc1[C@H]1COc2ccccc2O1. The Hall–Kier alpha value is -2.80. The fourth-order valence-corrected chi connectivity index (χ4v) is 3.53. The second-order valence-electron chi connectivity index (χ2n) is 5.84. The Labute approximate surface area is 155 Å². The highest BCUT2D eigenvalue weighted by Crippen LogP contribution is 2.35. The van der Waals surface area contributed by atoms with Crippen LogP contribution in [0, 0.1) is 0 Å². The van der Waals surface area contributed by atoms with E-state index in [0.29, 0.717) is 34.7 Å². The minimum absolute atomic E-state index is 0.0614. The van der Waals surface area contributed by atoms with Crippen LogP contribution in [0.5, 0.6) is 11.5 Å². The van der Waals surface area contributed by atoms with Gasteiger partial charge in [-0.15, -0.1) is 10.2 Å². The molecule has 7 heteroatoms. The fraction of sp³-hybridized carbons (Fsp3) is 0.211. The van der Waals surface area contributed by atoms with E-state index < -0.39 is 0 Å². The molecule has 0 radical (unpaired) electrons. The summed E-state index contributed by atoms with van der Waals surface area (Å²) in [7, 11) is 1.87. The van der Waals surface area contributed by atoms with Crippen molar-refractivity contribution >= 4 is 17.5 Å². The van der Waals surface area contributed by atoms with Gasteiger partial charge >= 0.3 is 0 Å². The van der Waals surface area contributed by atoms with Gasteiger partial charge in [0.05, 0.1) is 5.75 Å². The Morgan fingerprint density at radius 3 is 2.65 bits per heavy atom. The molecule has 1 aliphatic heterocycles. The van der Waals surface area contributed by atoms with Crippen LogP contribution in [0.25, 0.3) is 0 Å². The zero-order valence-corrected chi connectivity index (χ0v) is 15.0. The van der Waals surface area contributed by atoms with E-state index >= 15 is 0 Å². The van der Waals surface area contributed by atoms with Gasteiger partial charge in [0.1, 0.15) is 6.61 Å². The molecule has 0 amide bonds. The highest BCUT2D eigenvalue weighted by atomic mass is 32.2. The number of benzene rings is 2. The van der Waals surface area contributed by atoms with E-state index in [-0.39, 0.29) is 11.9 Å². The number of para-hydroxylation sites is 2. The summed E-state index contributed by atoms with van der Waals surface area (Å²) in [5.41, 5.74) is 0.697. The number of hydrogen-bond acceptors (Lipinski definition) is 6. The molecule has 2 aromatic carbocycles. The third-order valence-electron chi connectivity index (χ3n) is 4.09. The third-order valence-corrected chi connectivity index (χ3v) is 5.11. The number of nitrogens with zero attached hydrogens (tertiary/aromatic N) is 3. The van der Waals surface area contributed by atoms with Crippen LogP contribution in [0.4, 0.5) is 0 Å². The zero-order valence-electron chi connectivity index (χ0n) is 14.2. The summed E-state index contributed by atoms with van der Waals surface area (Å²) >= 11 is 1.36. The number of aromatic nitrogens is 3. The van der Waals surface area contributed by atoms with E-state index in [4.69, 9.17) is 9.47 Å². The summed E-state index contributed by atoms with van der Waals surface area (Å²) in [6.45, 7) is 0.372. The number of fused-ring (bicyclic) bond motifs is 1. The van der Waals surface area contributed by atoms with E-state index in [9.17, 15) is 4.79 Å². The molecule has 0 fully saturated rings. The molecule has 0 aliphatic carbocycles. The maximum Gasteiger partial charge on any atom is 0.192 e. The Morgan fingerprint density at radius 2 is 1.85 bits per heavy atom. The lowest BCUT2D eigenvalue weighted by Crippen LogP contribution is -2.24. The van der Waals surface area contributed by atoms with Gasteiger partial charge in [0.2, 0.25) is 0 Å². The second-order valence-corrected chi connectivity index (χ2v) is 6.78. The molecule has 3 aromatic rings. The quantitative estimate of drug-likeness (QED) is 0.509. The van der Waals surface area contributed by atoms with Gasteiger partial charge in [-0.25, -0.2) is 0 Å². The normalized spacial score (nSPS) is 15.7. The first-order chi connectivity index (χ1) is 12.7. The van der Waals surface area contributed by atoms with Gasteiger partial charge in [-0.1, -0.05) is 54.2 Å². The van der Waals surface area contributed by atoms with E-state index in [0.717, 1.165) is 5.75 Å². The number of hydrogen-bond donors (Lipinski definition) is 0. The van der Waals surface area contributed by atoms with Gasteiger partial charge in [0.25, 0.3) is 0 Å². The predicted octanol–water partition coefficient (Wildman–Crippen LogP) is 3.30. The first-order valence-electron chi connectivity index (χ1n) is 8.21. The number of rotatable bonds is 5. The Morgan fingerprint density at radius 1 is 1.12 bits per heavy atom. The van der Waals surface area contributed by atoms with E-state index in [1.54, 1.807) is 0 Å². The minimum Gasteiger partial charge on any atom is -0.485 e. The summed E-state index contributed by atoms with van der Waals surface area (Å²) in [6.07, 6.45) is -0.332. The summed E-state index contributed by atoms with van der Waals surface area (Å²) < 4.78 is 13.6. The maximum atomic E-state index is 12.3. The number of carbonyl (C=O) groups excluding carboxylic acids is 1. The molecule has 6 nitrogen and oxygen atoms in total. The topological polar surface area (TPSA) is 66.2 Å². The van der Waals surface area contributed by atoms with Gasteiger partial charge in [-0.3, -0.25) is 4.79 Å². The Bertz CT molecular complexity index is 927. The lowest BCUT2D eigenvalue weighted by Gasteiger charge is -2.25. The Kier molecular flexibility index (Phi) is 4.62. The summed E-state index contributed by atoms with van der Waals surface area (Å²) in [5.74, 6) is 2.47. The highest BCUT2D eigenvalue weighted by molar-refractivity contribution is 7.99. The smallest absolute Gasteiger partial charge is 0.192 e. The van der Waals surface area contributed by atoms with Crippen LogP contribution in [0.2, 0.25) is 0 Å². The maximum absolute atomic E-state index is 12.3. The van der Waals surface area contributed by atoms with Crippen LogP contribution < -0.4 is 9.47 Å². The first kappa shape index (κ1) is 16.7.